The number of ether oxygens (including phenoxy) is 2. The van der Waals surface area contributed by atoms with Gasteiger partial charge in [0.05, 0.1) is 6.61 Å². The highest BCUT2D eigenvalue weighted by atomic mass is 19.2. The molecular formula is C30H31F3O2. The van der Waals surface area contributed by atoms with Crippen molar-refractivity contribution in [3.63, 3.8) is 0 Å². The zero-order chi connectivity index (χ0) is 24.8. The SMILES string of the molecule is C/C=C/C1CCC(c2ccc(-c3ccc(OCc4ccc(OCC)c(F)c4)cc3)c(F)c2F)CC1. The fraction of sp³-hybridized carbons (Fsp3) is 0.333. The number of hydrogen-bond acceptors (Lipinski definition) is 2. The first-order valence-electron chi connectivity index (χ1n) is 12.2. The van der Waals surface area contributed by atoms with Crippen LogP contribution in [0.4, 0.5) is 13.2 Å². The molecule has 0 bridgehead atoms. The summed E-state index contributed by atoms with van der Waals surface area (Å²) >= 11 is 0. The average Bonchev–Trinajstić information content (AvgIpc) is 2.87. The van der Waals surface area contributed by atoms with Gasteiger partial charge >= 0.3 is 0 Å². The van der Waals surface area contributed by atoms with Crippen LogP contribution in [0.3, 0.4) is 0 Å². The highest BCUT2D eigenvalue weighted by Crippen LogP contribution is 2.39. The van der Waals surface area contributed by atoms with Crippen LogP contribution >= 0.6 is 0 Å². The van der Waals surface area contributed by atoms with Crippen molar-refractivity contribution in [1.29, 1.82) is 0 Å². The van der Waals surface area contributed by atoms with Gasteiger partial charge in [-0.15, -0.1) is 0 Å². The van der Waals surface area contributed by atoms with E-state index in [1.165, 1.54) is 6.07 Å². The fourth-order valence-electron chi connectivity index (χ4n) is 4.80. The molecule has 0 aromatic heterocycles. The second-order valence-corrected chi connectivity index (χ2v) is 8.98. The van der Waals surface area contributed by atoms with Crippen LogP contribution in [0.25, 0.3) is 11.1 Å². The average molecular weight is 481 g/mol. The lowest BCUT2D eigenvalue weighted by molar-refractivity contribution is 0.302. The zero-order valence-corrected chi connectivity index (χ0v) is 20.2. The molecule has 0 spiro atoms. The van der Waals surface area contributed by atoms with Gasteiger partial charge in [0.2, 0.25) is 0 Å². The molecule has 0 atom stereocenters. The van der Waals surface area contributed by atoms with Gasteiger partial charge in [-0.25, -0.2) is 13.2 Å². The standard InChI is InChI=1S/C30H31F3O2/c1-3-5-20-6-9-22(10-7-20)25-15-16-26(30(33)29(25)32)23-11-13-24(14-12-23)35-19-21-8-17-28(34-4-2)27(31)18-21/h3,5,8,11-18,20,22H,4,6-7,9-10,19H2,1-2H3/b5-3+. The first kappa shape index (κ1) is 24.9. The summed E-state index contributed by atoms with van der Waals surface area (Å²) < 4.78 is 55.0. The lowest BCUT2D eigenvalue weighted by Gasteiger charge is -2.27. The van der Waals surface area contributed by atoms with E-state index in [2.05, 4.69) is 12.2 Å². The van der Waals surface area contributed by atoms with E-state index in [1.807, 2.05) is 6.92 Å². The summed E-state index contributed by atoms with van der Waals surface area (Å²) in [6, 6.07) is 14.9. The van der Waals surface area contributed by atoms with Gasteiger partial charge in [-0.1, -0.05) is 42.5 Å². The molecule has 0 amide bonds. The van der Waals surface area contributed by atoms with E-state index >= 15 is 8.78 Å². The van der Waals surface area contributed by atoms with Crippen LogP contribution in [-0.4, -0.2) is 6.61 Å². The molecule has 1 aliphatic carbocycles. The third-order valence-corrected chi connectivity index (χ3v) is 6.66. The Morgan fingerprint density at radius 1 is 0.857 bits per heavy atom. The minimum absolute atomic E-state index is 0.0586. The molecule has 1 aliphatic rings. The lowest BCUT2D eigenvalue weighted by atomic mass is 9.78. The Bertz CT molecular complexity index is 1160. The second-order valence-electron chi connectivity index (χ2n) is 8.98. The molecule has 3 aromatic carbocycles. The molecule has 3 aromatic rings. The molecule has 0 heterocycles. The summed E-state index contributed by atoms with van der Waals surface area (Å²) in [5.74, 6) is -0.622. The molecule has 0 aliphatic heterocycles. The van der Waals surface area contributed by atoms with Gasteiger partial charge in [-0.05, 0) is 92.3 Å². The summed E-state index contributed by atoms with van der Waals surface area (Å²) in [4.78, 5) is 0. The first-order valence-corrected chi connectivity index (χ1v) is 12.2. The molecule has 5 heteroatoms. The Balaban J connectivity index is 1.42. The van der Waals surface area contributed by atoms with Crippen molar-refractivity contribution in [3.05, 3.63) is 95.3 Å². The number of hydrogen-bond donors (Lipinski definition) is 0. The molecule has 0 radical (unpaired) electrons. The van der Waals surface area contributed by atoms with Crippen molar-refractivity contribution in [2.75, 3.05) is 6.61 Å². The molecule has 1 saturated carbocycles. The fourth-order valence-corrected chi connectivity index (χ4v) is 4.80. The monoisotopic (exact) mass is 480 g/mol. The van der Waals surface area contributed by atoms with Crippen LogP contribution < -0.4 is 9.47 Å². The molecule has 184 valence electrons. The summed E-state index contributed by atoms with van der Waals surface area (Å²) in [5.41, 5.74) is 1.95. The van der Waals surface area contributed by atoms with Crippen molar-refractivity contribution in [3.8, 4) is 22.6 Å². The van der Waals surface area contributed by atoms with E-state index in [9.17, 15) is 4.39 Å². The van der Waals surface area contributed by atoms with Crippen LogP contribution in [0.2, 0.25) is 0 Å². The molecule has 0 unspecified atom stereocenters. The lowest BCUT2D eigenvalue weighted by Crippen LogP contribution is -2.13. The normalized spacial score (nSPS) is 18.1. The van der Waals surface area contributed by atoms with Crippen molar-refractivity contribution >= 4 is 0 Å². The van der Waals surface area contributed by atoms with Crippen LogP contribution in [0.1, 0.15) is 56.6 Å². The molecular weight excluding hydrogens is 449 g/mol. The van der Waals surface area contributed by atoms with Gasteiger partial charge in [0.15, 0.2) is 23.2 Å². The van der Waals surface area contributed by atoms with Crippen molar-refractivity contribution in [2.24, 2.45) is 5.92 Å². The predicted octanol–water partition coefficient (Wildman–Crippen LogP) is 8.60. The van der Waals surface area contributed by atoms with E-state index in [-0.39, 0.29) is 23.8 Å². The predicted molar refractivity (Wildman–Crippen MR) is 133 cm³/mol. The zero-order valence-electron chi connectivity index (χ0n) is 20.2. The van der Waals surface area contributed by atoms with E-state index in [0.717, 1.165) is 25.7 Å². The van der Waals surface area contributed by atoms with Gasteiger partial charge in [0, 0.05) is 5.56 Å². The molecule has 0 N–H and O–H groups in total. The topological polar surface area (TPSA) is 18.5 Å². The van der Waals surface area contributed by atoms with Gasteiger partial charge in [0.1, 0.15) is 12.4 Å². The van der Waals surface area contributed by atoms with Crippen molar-refractivity contribution in [1.82, 2.24) is 0 Å². The van der Waals surface area contributed by atoms with Crippen LogP contribution in [-0.2, 0) is 6.61 Å². The number of allylic oxidation sites excluding steroid dienone is 2. The van der Waals surface area contributed by atoms with Crippen LogP contribution in [0, 0.1) is 23.4 Å². The quantitative estimate of drug-likeness (QED) is 0.301. The first-order chi connectivity index (χ1) is 17.0. The van der Waals surface area contributed by atoms with E-state index in [4.69, 9.17) is 9.47 Å². The summed E-state index contributed by atoms with van der Waals surface area (Å²) in [6.45, 7) is 4.38. The molecule has 0 saturated heterocycles. The number of halogens is 3. The molecule has 4 rings (SSSR count). The van der Waals surface area contributed by atoms with Gasteiger partial charge in [-0.3, -0.25) is 0 Å². The Morgan fingerprint density at radius 2 is 1.60 bits per heavy atom. The summed E-state index contributed by atoms with van der Waals surface area (Å²) in [7, 11) is 0. The summed E-state index contributed by atoms with van der Waals surface area (Å²) in [5, 5.41) is 0. The van der Waals surface area contributed by atoms with E-state index in [0.29, 0.717) is 35.0 Å². The third kappa shape index (κ3) is 5.90. The van der Waals surface area contributed by atoms with Crippen LogP contribution in [0.5, 0.6) is 11.5 Å². The summed E-state index contributed by atoms with van der Waals surface area (Å²) in [6.07, 6.45) is 8.02. The number of rotatable bonds is 8. The van der Waals surface area contributed by atoms with E-state index < -0.39 is 17.5 Å². The van der Waals surface area contributed by atoms with Gasteiger partial charge < -0.3 is 9.47 Å². The molecule has 1 fully saturated rings. The van der Waals surface area contributed by atoms with Crippen LogP contribution in [0.15, 0.2) is 66.7 Å². The van der Waals surface area contributed by atoms with Gasteiger partial charge in [-0.2, -0.15) is 0 Å². The third-order valence-electron chi connectivity index (χ3n) is 6.66. The largest absolute Gasteiger partial charge is 0.491 e. The minimum atomic E-state index is -0.809. The highest BCUT2D eigenvalue weighted by molar-refractivity contribution is 5.65. The Kier molecular flexibility index (Phi) is 8.17. The van der Waals surface area contributed by atoms with Crippen molar-refractivity contribution < 1.29 is 22.6 Å². The second kappa shape index (κ2) is 11.5. The smallest absolute Gasteiger partial charge is 0.166 e. The molecule has 35 heavy (non-hydrogen) atoms. The maximum absolute atomic E-state index is 15.0. The maximum atomic E-state index is 15.0. The van der Waals surface area contributed by atoms with Crippen molar-refractivity contribution in [2.45, 2.75) is 52.1 Å². The number of benzene rings is 3. The minimum Gasteiger partial charge on any atom is -0.491 e. The Labute approximate surface area is 205 Å². The van der Waals surface area contributed by atoms with Gasteiger partial charge in [0.25, 0.3) is 0 Å². The Hall–Kier alpha value is -3.21. The highest BCUT2D eigenvalue weighted by Gasteiger charge is 2.25. The van der Waals surface area contributed by atoms with E-state index in [1.54, 1.807) is 55.5 Å². The molecule has 2 nitrogen and oxygen atoms in total. The maximum Gasteiger partial charge on any atom is 0.166 e. The Morgan fingerprint density at radius 3 is 2.26 bits per heavy atom.